The van der Waals surface area contributed by atoms with Gasteiger partial charge in [-0.15, -0.1) is 12.4 Å². The SMILES string of the molecule is COc1ccc2ncc(C(=O)c3ccc(C)cc3)c(N3CCOCC3)c2c1.Cl. The zero-order valence-corrected chi connectivity index (χ0v) is 16.8. The molecule has 1 aromatic heterocycles. The Labute approximate surface area is 170 Å². The van der Waals surface area contributed by atoms with E-state index in [4.69, 9.17) is 9.47 Å². The Balaban J connectivity index is 0.00000225. The second kappa shape index (κ2) is 8.59. The molecule has 0 saturated carbocycles. The zero-order chi connectivity index (χ0) is 18.8. The number of hydrogen-bond donors (Lipinski definition) is 0. The Hall–Kier alpha value is -2.63. The van der Waals surface area contributed by atoms with Gasteiger partial charge in [-0.1, -0.05) is 29.8 Å². The van der Waals surface area contributed by atoms with Gasteiger partial charge in [0.25, 0.3) is 0 Å². The number of benzene rings is 2. The van der Waals surface area contributed by atoms with E-state index in [2.05, 4.69) is 9.88 Å². The van der Waals surface area contributed by atoms with Crippen LogP contribution in [0.25, 0.3) is 10.9 Å². The lowest BCUT2D eigenvalue weighted by atomic mass is 9.99. The van der Waals surface area contributed by atoms with E-state index >= 15 is 0 Å². The van der Waals surface area contributed by atoms with Crippen molar-refractivity contribution in [3.63, 3.8) is 0 Å². The quantitative estimate of drug-likeness (QED) is 0.621. The summed E-state index contributed by atoms with van der Waals surface area (Å²) >= 11 is 0. The molecule has 0 atom stereocenters. The molecule has 0 aliphatic carbocycles. The highest BCUT2D eigenvalue weighted by atomic mass is 35.5. The van der Waals surface area contributed by atoms with Crippen LogP contribution in [0.3, 0.4) is 0 Å². The fourth-order valence-corrected chi connectivity index (χ4v) is 3.44. The number of carbonyl (C=O) groups excluding carboxylic acids is 1. The van der Waals surface area contributed by atoms with E-state index in [-0.39, 0.29) is 18.2 Å². The van der Waals surface area contributed by atoms with Crippen molar-refractivity contribution >= 4 is 34.8 Å². The summed E-state index contributed by atoms with van der Waals surface area (Å²) in [5, 5.41) is 0.925. The topological polar surface area (TPSA) is 51.7 Å². The molecular weight excluding hydrogens is 376 g/mol. The minimum Gasteiger partial charge on any atom is -0.497 e. The van der Waals surface area contributed by atoms with Crippen LogP contribution in [0.5, 0.6) is 5.75 Å². The number of hydrogen-bond acceptors (Lipinski definition) is 5. The fourth-order valence-electron chi connectivity index (χ4n) is 3.44. The van der Waals surface area contributed by atoms with Crippen LogP contribution in [0.1, 0.15) is 21.5 Å². The summed E-state index contributed by atoms with van der Waals surface area (Å²) in [5.41, 5.74) is 4.16. The van der Waals surface area contributed by atoms with E-state index in [0.717, 1.165) is 41.0 Å². The first-order valence-corrected chi connectivity index (χ1v) is 9.08. The number of aryl methyl sites for hydroxylation is 1. The number of morpholine rings is 1. The molecule has 2 heterocycles. The molecule has 4 rings (SSSR count). The average Bonchev–Trinajstić information content (AvgIpc) is 2.73. The van der Waals surface area contributed by atoms with E-state index in [0.29, 0.717) is 24.3 Å². The molecule has 0 radical (unpaired) electrons. The third-order valence-corrected chi connectivity index (χ3v) is 4.93. The maximum atomic E-state index is 13.3. The summed E-state index contributed by atoms with van der Waals surface area (Å²) in [5.74, 6) is 0.729. The number of fused-ring (bicyclic) bond motifs is 1. The zero-order valence-electron chi connectivity index (χ0n) is 16.0. The van der Waals surface area contributed by atoms with Crippen molar-refractivity contribution in [2.75, 3.05) is 38.3 Å². The monoisotopic (exact) mass is 398 g/mol. The highest BCUT2D eigenvalue weighted by molar-refractivity contribution is 6.16. The molecule has 2 aromatic carbocycles. The van der Waals surface area contributed by atoms with Crippen molar-refractivity contribution < 1.29 is 14.3 Å². The van der Waals surface area contributed by atoms with Crippen molar-refractivity contribution in [1.82, 2.24) is 4.98 Å². The number of rotatable bonds is 4. The molecule has 0 spiro atoms. The molecule has 6 heteroatoms. The molecule has 3 aromatic rings. The van der Waals surface area contributed by atoms with Crippen LogP contribution in [-0.2, 0) is 4.74 Å². The molecule has 1 aliphatic heterocycles. The first-order chi connectivity index (χ1) is 13.2. The lowest BCUT2D eigenvalue weighted by Gasteiger charge is -2.31. The Morgan fingerprint density at radius 2 is 1.82 bits per heavy atom. The Kier molecular flexibility index (Phi) is 6.17. The molecule has 146 valence electrons. The second-order valence-corrected chi connectivity index (χ2v) is 6.70. The van der Waals surface area contributed by atoms with Gasteiger partial charge < -0.3 is 14.4 Å². The predicted molar refractivity (Wildman–Crippen MR) is 113 cm³/mol. The smallest absolute Gasteiger partial charge is 0.196 e. The largest absolute Gasteiger partial charge is 0.497 e. The summed E-state index contributed by atoms with van der Waals surface area (Å²) in [7, 11) is 1.64. The average molecular weight is 399 g/mol. The van der Waals surface area contributed by atoms with Gasteiger partial charge in [-0.05, 0) is 25.1 Å². The number of aromatic nitrogens is 1. The number of ether oxygens (including phenoxy) is 2. The summed E-state index contributed by atoms with van der Waals surface area (Å²) in [6, 6.07) is 13.4. The van der Waals surface area contributed by atoms with Crippen molar-refractivity contribution in [2.45, 2.75) is 6.92 Å². The minimum atomic E-state index is -0.0197. The molecule has 0 amide bonds. The second-order valence-electron chi connectivity index (χ2n) is 6.70. The van der Waals surface area contributed by atoms with Crippen LogP contribution in [0.15, 0.2) is 48.7 Å². The first-order valence-electron chi connectivity index (χ1n) is 9.08. The molecule has 0 N–H and O–H groups in total. The number of nitrogens with zero attached hydrogens (tertiary/aromatic N) is 2. The van der Waals surface area contributed by atoms with E-state index in [1.165, 1.54) is 0 Å². The molecule has 0 unspecified atom stereocenters. The van der Waals surface area contributed by atoms with Gasteiger partial charge in [-0.2, -0.15) is 0 Å². The number of methoxy groups -OCH3 is 1. The fraction of sp³-hybridized carbons (Fsp3) is 0.273. The molecular formula is C22H23ClN2O3. The van der Waals surface area contributed by atoms with Crippen molar-refractivity contribution in [3.05, 3.63) is 65.4 Å². The van der Waals surface area contributed by atoms with Gasteiger partial charge in [0.05, 0.1) is 37.1 Å². The van der Waals surface area contributed by atoms with Crippen molar-refractivity contribution in [3.8, 4) is 5.75 Å². The van der Waals surface area contributed by atoms with Gasteiger partial charge in [-0.3, -0.25) is 9.78 Å². The third-order valence-electron chi connectivity index (χ3n) is 4.93. The molecule has 28 heavy (non-hydrogen) atoms. The summed E-state index contributed by atoms with van der Waals surface area (Å²) in [4.78, 5) is 20.0. The van der Waals surface area contributed by atoms with Crippen molar-refractivity contribution in [1.29, 1.82) is 0 Å². The maximum absolute atomic E-state index is 13.3. The highest BCUT2D eigenvalue weighted by Gasteiger charge is 2.23. The predicted octanol–water partition coefficient (Wildman–Crippen LogP) is 4.04. The highest BCUT2D eigenvalue weighted by Crippen LogP contribution is 2.34. The Morgan fingerprint density at radius 3 is 2.50 bits per heavy atom. The third kappa shape index (κ3) is 3.81. The molecule has 1 fully saturated rings. The van der Waals surface area contributed by atoms with Crippen LogP contribution in [-0.4, -0.2) is 44.2 Å². The van der Waals surface area contributed by atoms with E-state index < -0.39 is 0 Å². The lowest BCUT2D eigenvalue weighted by Crippen LogP contribution is -2.37. The Morgan fingerprint density at radius 1 is 1.11 bits per heavy atom. The number of ketones is 1. The van der Waals surface area contributed by atoms with Gasteiger partial charge in [0.1, 0.15) is 5.75 Å². The van der Waals surface area contributed by atoms with Gasteiger partial charge in [0.2, 0.25) is 0 Å². The maximum Gasteiger partial charge on any atom is 0.196 e. The van der Waals surface area contributed by atoms with Gasteiger partial charge in [0, 0.05) is 30.2 Å². The van der Waals surface area contributed by atoms with Gasteiger partial charge >= 0.3 is 0 Å². The molecule has 1 aliphatic rings. The summed E-state index contributed by atoms with van der Waals surface area (Å²) in [6.07, 6.45) is 1.70. The van der Waals surface area contributed by atoms with Crippen LogP contribution in [0.4, 0.5) is 5.69 Å². The van der Waals surface area contributed by atoms with Crippen molar-refractivity contribution in [2.24, 2.45) is 0 Å². The molecule has 5 nitrogen and oxygen atoms in total. The van der Waals surface area contributed by atoms with Crippen LogP contribution < -0.4 is 9.64 Å². The lowest BCUT2D eigenvalue weighted by molar-refractivity contribution is 0.103. The summed E-state index contributed by atoms with van der Waals surface area (Å²) < 4.78 is 10.9. The van der Waals surface area contributed by atoms with E-state index in [9.17, 15) is 4.79 Å². The van der Waals surface area contributed by atoms with Gasteiger partial charge in [-0.25, -0.2) is 0 Å². The summed E-state index contributed by atoms with van der Waals surface area (Å²) in [6.45, 7) is 4.78. The number of carbonyl (C=O) groups is 1. The Bertz CT molecular complexity index is 983. The van der Waals surface area contributed by atoms with Crippen LogP contribution in [0, 0.1) is 6.92 Å². The van der Waals surface area contributed by atoms with E-state index in [1.54, 1.807) is 13.3 Å². The number of anilines is 1. The normalized spacial score (nSPS) is 13.9. The number of halogens is 1. The molecule has 0 bridgehead atoms. The van der Waals surface area contributed by atoms with Gasteiger partial charge in [0.15, 0.2) is 5.78 Å². The van der Waals surface area contributed by atoms with Crippen LogP contribution in [0.2, 0.25) is 0 Å². The minimum absolute atomic E-state index is 0. The van der Waals surface area contributed by atoms with Crippen LogP contribution >= 0.6 is 12.4 Å². The molecule has 1 saturated heterocycles. The standard InChI is InChI=1S/C22H22N2O3.ClH/c1-15-3-5-16(6-4-15)22(25)19-14-23-20-8-7-17(26-2)13-18(20)21(19)24-9-11-27-12-10-24;/h3-8,13-14H,9-12H2,1-2H3;1H. The number of pyridine rings is 1. The first kappa shape index (κ1) is 20.1. The van der Waals surface area contributed by atoms with E-state index in [1.807, 2.05) is 49.4 Å².